The number of aryl methyl sites for hydroxylation is 1. The molecule has 2 atom stereocenters. The number of alkyl carbamates (subject to hydrolysis) is 1. The number of nitrogens with one attached hydrogen (secondary N) is 2. The molecule has 4 aromatic rings. The van der Waals surface area contributed by atoms with Crippen molar-refractivity contribution >= 4 is 23.7 Å². The summed E-state index contributed by atoms with van der Waals surface area (Å²) in [5.74, 6) is -1.94. The third-order valence-corrected chi connectivity index (χ3v) is 7.47. The van der Waals surface area contributed by atoms with E-state index >= 15 is 0 Å². The fourth-order valence-corrected chi connectivity index (χ4v) is 5.33. The Morgan fingerprint density at radius 1 is 0.833 bits per heavy atom. The average molecular weight is 565 g/mol. The normalized spacial score (nSPS) is 13.4. The van der Waals surface area contributed by atoms with Crippen molar-refractivity contribution in [2.45, 2.75) is 38.5 Å². The van der Waals surface area contributed by atoms with Crippen molar-refractivity contribution in [1.29, 1.82) is 0 Å². The Hall–Kier alpha value is -4.95. The van der Waals surface area contributed by atoms with Gasteiger partial charge in [-0.15, -0.1) is 0 Å². The second-order valence-corrected chi connectivity index (χ2v) is 10.2. The van der Waals surface area contributed by atoms with Gasteiger partial charge in [-0.05, 0) is 53.3 Å². The van der Waals surface area contributed by atoms with Crippen molar-refractivity contribution < 1.29 is 29.0 Å². The SMILES string of the molecule is Cc1cccc(NC(=O)C(NC(=O)OCC2c3ccccc3-c3ccccc32)C(C)OCc2ccccc2)c1C(=O)O. The first-order chi connectivity index (χ1) is 20.3. The molecule has 2 unspecified atom stereocenters. The highest BCUT2D eigenvalue weighted by atomic mass is 16.5. The van der Waals surface area contributed by atoms with Gasteiger partial charge in [0.15, 0.2) is 0 Å². The number of benzene rings is 4. The van der Waals surface area contributed by atoms with Gasteiger partial charge in [-0.1, -0.05) is 91.0 Å². The van der Waals surface area contributed by atoms with Crippen LogP contribution in [0.25, 0.3) is 11.1 Å². The highest BCUT2D eigenvalue weighted by Crippen LogP contribution is 2.44. The minimum atomic E-state index is -1.17. The van der Waals surface area contributed by atoms with Crippen molar-refractivity contribution in [2.75, 3.05) is 11.9 Å². The zero-order valence-corrected chi connectivity index (χ0v) is 23.4. The number of rotatable bonds is 10. The molecule has 0 heterocycles. The van der Waals surface area contributed by atoms with E-state index in [0.717, 1.165) is 27.8 Å². The van der Waals surface area contributed by atoms with E-state index < -0.39 is 30.1 Å². The summed E-state index contributed by atoms with van der Waals surface area (Å²) in [7, 11) is 0. The van der Waals surface area contributed by atoms with Crippen molar-refractivity contribution in [3.63, 3.8) is 0 Å². The molecule has 5 rings (SSSR count). The number of hydrogen-bond donors (Lipinski definition) is 3. The van der Waals surface area contributed by atoms with Gasteiger partial charge in [-0.3, -0.25) is 4.79 Å². The van der Waals surface area contributed by atoms with E-state index in [9.17, 15) is 19.5 Å². The van der Waals surface area contributed by atoms with Crippen LogP contribution in [0.2, 0.25) is 0 Å². The highest BCUT2D eigenvalue weighted by molar-refractivity contribution is 6.03. The number of carboxylic acid groups (broad SMARTS) is 1. The molecule has 8 heteroatoms. The molecule has 0 aromatic heterocycles. The lowest BCUT2D eigenvalue weighted by Crippen LogP contribution is -2.51. The molecule has 0 bridgehead atoms. The standard InChI is InChI=1S/C34H32N2O6/c1-21-11-10-18-29(30(21)33(38)39)35-32(37)31(22(2)41-19-23-12-4-3-5-13-23)36-34(40)42-20-28-26-16-8-6-14-24(26)25-15-7-9-17-27(25)28/h3-18,22,28,31H,19-20H2,1-2H3,(H,35,37)(H,36,40)(H,38,39). The zero-order valence-electron chi connectivity index (χ0n) is 23.4. The van der Waals surface area contributed by atoms with Gasteiger partial charge in [0.2, 0.25) is 5.91 Å². The maximum atomic E-state index is 13.5. The first-order valence-electron chi connectivity index (χ1n) is 13.7. The van der Waals surface area contributed by atoms with E-state index in [4.69, 9.17) is 9.47 Å². The van der Waals surface area contributed by atoms with Gasteiger partial charge in [0.25, 0.3) is 0 Å². The Bertz CT molecular complexity index is 1560. The Balaban J connectivity index is 1.32. The summed E-state index contributed by atoms with van der Waals surface area (Å²) in [5.41, 5.74) is 5.85. The van der Waals surface area contributed by atoms with Gasteiger partial charge < -0.3 is 25.2 Å². The second kappa shape index (κ2) is 12.7. The number of fused-ring (bicyclic) bond motifs is 3. The molecular formula is C34H32N2O6. The zero-order chi connectivity index (χ0) is 29.6. The summed E-state index contributed by atoms with van der Waals surface area (Å²) >= 11 is 0. The van der Waals surface area contributed by atoms with Crippen molar-refractivity contribution in [1.82, 2.24) is 5.32 Å². The summed E-state index contributed by atoms with van der Waals surface area (Å²) in [6.45, 7) is 3.61. The summed E-state index contributed by atoms with van der Waals surface area (Å²) in [6, 6.07) is 29.1. The molecule has 0 fully saturated rings. The first-order valence-corrected chi connectivity index (χ1v) is 13.7. The van der Waals surface area contributed by atoms with Gasteiger partial charge in [0.1, 0.15) is 12.6 Å². The van der Waals surface area contributed by atoms with Gasteiger partial charge in [0, 0.05) is 5.92 Å². The Kier molecular flexibility index (Phi) is 8.64. The average Bonchev–Trinajstić information content (AvgIpc) is 3.31. The minimum absolute atomic E-state index is 0.0244. The van der Waals surface area contributed by atoms with E-state index in [1.165, 1.54) is 6.07 Å². The highest BCUT2D eigenvalue weighted by Gasteiger charge is 2.32. The molecule has 3 N–H and O–H groups in total. The van der Waals surface area contributed by atoms with Crippen LogP contribution in [0.3, 0.4) is 0 Å². The van der Waals surface area contributed by atoms with Gasteiger partial charge in [-0.2, -0.15) is 0 Å². The van der Waals surface area contributed by atoms with Crippen LogP contribution in [0.15, 0.2) is 97.1 Å². The molecule has 4 aromatic carbocycles. The van der Waals surface area contributed by atoms with Crippen LogP contribution in [-0.2, 0) is 20.9 Å². The summed E-state index contributed by atoms with van der Waals surface area (Å²) in [5, 5.41) is 15.0. The monoisotopic (exact) mass is 564 g/mol. The fourth-order valence-electron chi connectivity index (χ4n) is 5.33. The number of ether oxygens (including phenoxy) is 2. The van der Waals surface area contributed by atoms with Crippen LogP contribution in [-0.4, -0.2) is 41.8 Å². The third-order valence-electron chi connectivity index (χ3n) is 7.47. The van der Waals surface area contributed by atoms with Crippen LogP contribution >= 0.6 is 0 Å². The van der Waals surface area contributed by atoms with Crippen LogP contribution in [0, 0.1) is 6.92 Å². The fraction of sp³-hybridized carbons (Fsp3) is 0.206. The quantitative estimate of drug-likeness (QED) is 0.213. The topological polar surface area (TPSA) is 114 Å². The molecule has 0 radical (unpaired) electrons. The van der Waals surface area contributed by atoms with Crippen molar-refractivity contribution in [3.8, 4) is 11.1 Å². The Labute approximate surface area is 244 Å². The number of amides is 2. The lowest BCUT2D eigenvalue weighted by atomic mass is 9.98. The Morgan fingerprint density at radius 3 is 2.10 bits per heavy atom. The number of carbonyl (C=O) groups excluding carboxylic acids is 2. The molecule has 1 aliphatic carbocycles. The predicted octanol–water partition coefficient (Wildman–Crippen LogP) is 6.14. The molecule has 8 nitrogen and oxygen atoms in total. The van der Waals surface area contributed by atoms with Crippen LogP contribution < -0.4 is 10.6 Å². The molecular weight excluding hydrogens is 532 g/mol. The number of anilines is 1. The molecule has 1 aliphatic rings. The lowest BCUT2D eigenvalue weighted by Gasteiger charge is -2.25. The lowest BCUT2D eigenvalue weighted by molar-refractivity contribution is -0.121. The van der Waals surface area contributed by atoms with E-state index in [-0.39, 0.29) is 30.4 Å². The summed E-state index contributed by atoms with van der Waals surface area (Å²) < 4.78 is 11.7. The second-order valence-electron chi connectivity index (χ2n) is 10.2. The largest absolute Gasteiger partial charge is 0.478 e. The predicted molar refractivity (Wildman–Crippen MR) is 159 cm³/mol. The molecule has 0 saturated heterocycles. The van der Waals surface area contributed by atoms with Crippen molar-refractivity contribution in [3.05, 3.63) is 125 Å². The maximum absolute atomic E-state index is 13.5. The van der Waals surface area contributed by atoms with E-state index in [2.05, 4.69) is 22.8 Å². The van der Waals surface area contributed by atoms with E-state index in [0.29, 0.717) is 5.56 Å². The molecule has 0 spiro atoms. The number of carbonyl (C=O) groups is 3. The first kappa shape index (κ1) is 28.6. The van der Waals surface area contributed by atoms with Crippen LogP contribution in [0.5, 0.6) is 0 Å². The summed E-state index contributed by atoms with van der Waals surface area (Å²) in [4.78, 5) is 38.5. The third kappa shape index (κ3) is 6.19. The van der Waals surface area contributed by atoms with E-state index in [1.54, 1.807) is 26.0 Å². The van der Waals surface area contributed by atoms with Crippen LogP contribution in [0.1, 0.15) is 45.5 Å². The number of carboxylic acids is 1. The molecule has 42 heavy (non-hydrogen) atoms. The van der Waals surface area contributed by atoms with Crippen LogP contribution in [0.4, 0.5) is 10.5 Å². The van der Waals surface area contributed by atoms with Crippen molar-refractivity contribution in [2.24, 2.45) is 0 Å². The summed E-state index contributed by atoms with van der Waals surface area (Å²) in [6.07, 6.45) is -1.56. The molecule has 0 aliphatic heterocycles. The molecule has 0 saturated carbocycles. The smallest absolute Gasteiger partial charge is 0.407 e. The minimum Gasteiger partial charge on any atom is -0.478 e. The Morgan fingerprint density at radius 2 is 1.45 bits per heavy atom. The number of aromatic carboxylic acids is 1. The molecule has 214 valence electrons. The van der Waals surface area contributed by atoms with Gasteiger partial charge >= 0.3 is 12.1 Å². The van der Waals surface area contributed by atoms with Gasteiger partial charge in [0.05, 0.1) is 24.0 Å². The molecule has 2 amide bonds. The van der Waals surface area contributed by atoms with Gasteiger partial charge in [-0.25, -0.2) is 9.59 Å². The maximum Gasteiger partial charge on any atom is 0.407 e. The number of hydrogen-bond acceptors (Lipinski definition) is 5. The van der Waals surface area contributed by atoms with E-state index in [1.807, 2.05) is 66.7 Å².